The van der Waals surface area contributed by atoms with Crippen LogP contribution >= 0.6 is 0 Å². The summed E-state index contributed by atoms with van der Waals surface area (Å²) in [5.41, 5.74) is 2.88. The van der Waals surface area contributed by atoms with Crippen LogP contribution in [0.5, 0.6) is 0 Å². The van der Waals surface area contributed by atoms with Crippen LogP contribution in [0.2, 0.25) is 0 Å². The second-order valence-corrected chi connectivity index (χ2v) is 8.25. The molecule has 0 radical (unpaired) electrons. The molecule has 7 heteroatoms. The molecule has 0 saturated heterocycles. The molecule has 0 heterocycles. The van der Waals surface area contributed by atoms with E-state index < -0.39 is 9.84 Å². The number of nitrogens with one attached hydrogen (secondary N) is 2. The van der Waals surface area contributed by atoms with Crippen LogP contribution in [-0.2, 0) is 27.7 Å². The Hall–Kier alpha value is -2.38. The number of hydrogen-bond acceptors (Lipinski definition) is 4. The summed E-state index contributed by atoms with van der Waals surface area (Å²) in [6.07, 6.45) is 1.22. The minimum absolute atomic E-state index is 0.365. The first-order chi connectivity index (χ1) is 12.9. The summed E-state index contributed by atoms with van der Waals surface area (Å²) in [6, 6.07) is 15.4. The van der Waals surface area contributed by atoms with Crippen molar-refractivity contribution in [1.29, 1.82) is 0 Å². The predicted molar refractivity (Wildman–Crippen MR) is 109 cm³/mol. The lowest BCUT2D eigenvalue weighted by Crippen LogP contribution is -2.38. The maximum absolute atomic E-state index is 11.7. The second-order valence-electron chi connectivity index (χ2n) is 6.26. The minimum Gasteiger partial charge on any atom is -0.375 e. The van der Waals surface area contributed by atoms with Crippen molar-refractivity contribution >= 4 is 15.8 Å². The molecule has 2 rings (SSSR count). The molecule has 6 nitrogen and oxygen atoms in total. The molecule has 2 aromatic rings. The van der Waals surface area contributed by atoms with Crippen LogP contribution in [0.1, 0.15) is 16.7 Å². The van der Waals surface area contributed by atoms with Gasteiger partial charge in [0.1, 0.15) is 0 Å². The Balaban J connectivity index is 1.74. The fourth-order valence-corrected chi connectivity index (χ4v) is 3.61. The van der Waals surface area contributed by atoms with Crippen molar-refractivity contribution in [3.05, 3.63) is 65.2 Å². The smallest absolute Gasteiger partial charge is 0.191 e. The van der Waals surface area contributed by atoms with Crippen molar-refractivity contribution < 1.29 is 13.2 Å². The summed E-state index contributed by atoms with van der Waals surface area (Å²) in [6.45, 7) is 4.14. The van der Waals surface area contributed by atoms with Gasteiger partial charge < -0.3 is 15.4 Å². The molecule has 0 aliphatic rings. The number of hydrogen-bond donors (Lipinski definition) is 2. The lowest BCUT2D eigenvalue weighted by molar-refractivity contribution is 0.125. The first-order valence-electron chi connectivity index (χ1n) is 8.76. The van der Waals surface area contributed by atoms with Gasteiger partial charge in [0.25, 0.3) is 0 Å². The number of aryl methyl sites for hydroxylation is 1. The zero-order valence-electron chi connectivity index (χ0n) is 16.0. The molecule has 146 valence electrons. The third-order valence-corrected chi connectivity index (χ3v) is 5.23. The van der Waals surface area contributed by atoms with Crippen molar-refractivity contribution in [3.63, 3.8) is 0 Å². The summed E-state index contributed by atoms with van der Waals surface area (Å²) < 4.78 is 29.0. The standard InChI is InChI=1S/C20H27N3O3S/c1-16-13-18(9-10-19(16)27(3,24)25)14-23-20(21-2)22-11-12-26-15-17-7-5-4-6-8-17/h4-10,13H,11-12,14-15H2,1-3H3,(H2,21,22,23). The van der Waals surface area contributed by atoms with Crippen molar-refractivity contribution in [2.75, 3.05) is 26.5 Å². The molecule has 0 amide bonds. The SMILES string of the molecule is CN=C(NCCOCc1ccccc1)NCc1ccc(S(C)(=O)=O)c(C)c1. The van der Waals surface area contributed by atoms with E-state index in [0.29, 0.717) is 37.2 Å². The zero-order chi connectivity index (χ0) is 19.7. The molecule has 0 atom stereocenters. The Morgan fingerprint density at radius 3 is 2.44 bits per heavy atom. The highest BCUT2D eigenvalue weighted by Crippen LogP contribution is 2.16. The van der Waals surface area contributed by atoms with Gasteiger partial charge in [0, 0.05) is 26.4 Å². The van der Waals surface area contributed by atoms with Crippen LogP contribution in [0.25, 0.3) is 0 Å². The number of guanidine groups is 1. The van der Waals surface area contributed by atoms with Crippen LogP contribution in [-0.4, -0.2) is 40.8 Å². The number of rotatable bonds is 8. The molecule has 0 aliphatic heterocycles. The van der Waals surface area contributed by atoms with Gasteiger partial charge in [-0.25, -0.2) is 8.42 Å². The predicted octanol–water partition coefficient (Wildman–Crippen LogP) is 2.28. The maximum Gasteiger partial charge on any atom is 0.191 e. The molecule has 27 heavy (non-hydrogen) atoms. The van der Waals surface area contributed by atoms with E-state index in [0.717, 1.165) is 16.7 Å². The van der Waals surface area contributed by atoms with Crippen LogP contribution in [0, 0.1) is 6.92 Å². The van der Waals surface area contributed by atoms with E-state index in [2.05, 4.69) is 15.6 Å². The van der Waals surface area contributed by atoms with E-state index in [1.54, 1.807) is 20.0 Å². The van der Waals surface area contributed by atoms with Gasteiger partial charge in [0.05, 0.1) is 18.1 Å². The normalized spacial score (nSPS) is 12.0. The van der Waals surface area contributed by atoms with Crippen molar-refractivity contribution in [2.45, 2.75) is 25.0 Å². The number of benzene rings is 2. The topological polar surface area (TPSA) is 79.8 Å². The third-order valence-electron chi connectivity index (χ3n) is 3.97. The molecule has 0 saturated carbocycles. The molecule has 2 aromatic carbocycles. The fourth-order valence-electron chi connectivity index (χ4n) is 2.65. The van der Waals surface area contributed by atoms with E-state index in [1.165, 1.54) is 6.26 Å². The van der Waals surface area contributed by atoms with Crippen molar-refractivity contribution in [2.24, 2.45) is 4.99 Å². The van der Waals surface area contributed by atoms with Gasteiger partial charge in [-0.2, -0.15) is 0 Å². The Kier molecular flexibility index (Phi) is 7.82. The van der Waals surface area contributed by atoms with Crippen LogP contribution in [0.15, 0.2) is 58.4 Å². The lowest BCUT2D eigenvalue weighted by atomic mass is 10.1. The Morgan fingerprint density at radius 2 is 1.81 bits per heavy atom. The number of ether oxygens (including phenoxy) is 1. The Morgan fingerprint density at radius 1 is 1.07 bits per heavy atom. The van der Waals surface area contributed by atoms with E-state index >= 15 is 0 Å². The first-order valence-corrected chi connectivity index (χ1v) is 10.6. The molecular formula is C20H27N3O3S. The summed E-state index contributed by atoms with van der Waals surface area (Å²) in [5, 5.41) is 6.41. The Labute approximate surface area is 161 Å². The second kappa shape index (κ2) is 10.1. The van der Waals surface area contributed by atoms with Crippen LogP contribution < -0.4 is 10.6 Å². The molecule has 0 bridgehead atoms. The van der Waals surface area contributed by atoms with Gasteiger partial charge in [0.15, 0.2) is 15.8 Å². The molecule has 0 fully saturated rings. The summed E-state index contributed by atoms with van der Waals surface area (Å²) >= 11 is 0. The van der Waals surface area contributed by atoms with Crippen molar-refractivity contribution in [1.82, 2.24) is 10.6 Å². The molecule has 0 unspecified atom stereocenters. The largest absolute Gasteiger partial charge is 0.375 e. The lowest BCUT2D eigenvalue weighted by Gasteiger charge is -2.13. The number of nitrogens with zero attached hydrogens (tertiary/aromatic N) is 1. The highest BCUT2D eigenvalue weighted by molar-refractivity contribution is 7.90. The summed E-state index contributed by atoms with van der Waals surface area (Å²) in [4.78, 5) is 4.55. The van der Waals surface area contributed by atoms with E-state index in [9.17, 15) is 8.42 Å². The quantitative estimate of drug-likeness (QED) is 0.411. The van der Waals surface area contributed by atoms with Crippen molar-refractivity contribution in [3.8, 4) is 0 Å². The average molecular weight is 390 g/mol. The zero-order valence-corrected chi connectivity index (χ0v) is 16.8. The van der Waals surface area contributed by atoms with Gasteiger partial charge in [-0.1, -0.05) is 42.5 Å². The highest BCUT2D eigenvalue weighted by atomic mass is 32.2. The maximum atomic E-state index is 11.7. The summed E-state index contributed by atoms with van der Waals surface area (Å²) in [5.74, 6) is 0.670. The fraction of sp³-hybridized carbons (Fsp3) is 0.350. The minimum atomic E-state index is -3.19. The highest BCUT2D eigenvalue weighted by Gasteiger charge is 2.10. The van der Waals surface area contributed by atoms with E-state index in [1.807, 2.05) is 42.5 Å². The van der Waals surface area contributed by atoms with Gasteiger partial charge in [-0.05, 0) is 29.7 Å². The Bertz CT molecular complexity index is 865. The van der Waals surface area contributed by atoms with Gasteiger partial charge >= 0.3 is 0 Å². The number of sulfone groups is 1. The van der Waals surface area contributed by atoms with E-state index in [4.69, 9.17) is 4.74 Å². The third kappa shape index (κ3) is 7.03. The first kappa shape index (κ1) is 20.9. The molecule has 0 aromatic heterocycles. The monoisotopic (exact) mass is 389 g/mol. The van der Waals surface area contributed by atoms with Crippen LogP contribution in [0.4, 0.5) is 0 Å². The van der Waals surface area contributed by atoms with Gasteiger partial charge in [-0.3, -0.25) is 4.99 Å². The molecule has 0 aliphatic carbocycles. The average Bonchev–Trinajstić information content (AvgIpc) is 2.64. The van der Waals surface area contributed by atoms with Gasteiger partial charge in [-0.15, -0.1) is 0 Å². The van der Waals surface area contributed by atoms with Crippen LogP contribution in [0.3, 0.4) is 0 Å². The summed E-state index contributed by atoms with van der Waals surface area (Å²) in [7, 11) is -1.49. The van der Waals surface area contributed by atoms with E-state index in [-0.39, 0.29) is 0 Å². The molecule has 0 spiro atoms. The number of aliphatic imine (C=N–C) groups is 1. The molecular weight excluding hydrogens is 362 g/mol. The van der Waals surface area contributed by atoms with Gasteiger partial charge in [0.2, 0.25) is 0 Å². The molecule has 2 N–H and O–H groups in total.